The number of carbonyl (C=O) groups excluding carboxylic acids is 2. The summed E-state index contributed by atoms with van der Waals surface area (Å²) in [5, 5.41) is 7.00. The maximum Gasteiger partial charge on any atom is 0.410 e. The Morgan fingerprint density at radius 2 is 1.76 bits per heavy atom. The van der Waals surface area contributed by atoms with Gasteiger partial charge in [0, 0.05) is 26.1 Å². The highest BCUT2D eigenvalue weighted by atomic mass is 16.6. The van der Waals surface area contributed by atoms with Gasteiger partial charge in [-0.3, -0.25) is 0 Å². The Balaban J connectivity index is 0.00000121. The largest absolute Gasteiger partial charge is 0.444 e. The molecule has 1 amide bonds. The molecular formula is C12H23NO4. The first-order chi connectivity index (χ1) is 7.92. The maximum atomic E-state index is 11.6. The van der Waals surface area contributed by atoms with E-state index in [0.29, 0.717) is 13.1 Å². The number of aliphatic hydroxyl groups excluding tert-OH is 1. The molecule has 0 atom stereocenters. The summed E-state index contributed by atoms with van der Waals surface area (Å²) in [4.78, 5) is 23.8. The van der Waals surface area contributed by atoms with Crippen molar-refractivity contribution in [1.29, 1.82) is 0 Å². The summed E-state index contributed by atoms with van der Waals surface area (Å²) in [6.45, 7) is 6.80. The lowest BCUT2D eigenvalue weighted by atomic mass is 9.99. The Morgan fingerprint density at radius 1 is 1.29 bits per heavy atom. The predicted molar refractivity (Wildman–Crippen MR) is 64.7 cm³/mol. The lowest BCUT2D eigenvalue weighted by Gasteiger charge is -2.31. The van der Waals surface area contributed by atoms with Crippen molar-refractivity contribution in [1.82, 2.24) is 4.90 Å². The number of aliphatic hydroxyl groups is 1. The zero-order valence-electron chi connectivity index (χ0n) is 11.1. The fourth-order valence-electron chi connectivity index (χ4n) is 1.54. The zero-order chi connectivity index (χ0) is 13.5. The summed E-state index contributed by atoms with van der Waals surface area (Å²) < 4.78 is 5.24. The molecule has 0 aromatic carbocycles. The predicted octanol–water partition coefficient (Wildman–Crippen LogP) is 1.44. The molecular weight excluding hydrogens is 222 g/mol. The van der Waals surface area contributed by atoms with Gasteiger partial charge in [0.05, 0.1) is 0 Å². The van der Waals surface area contributed by atoms with Crippen LogP contribution in [0.1, 0.15) is 33.6 Å². The summed E-state index contributed by atoms with van der Waals surface area (Å²) in [6, 6.07) is 0. The van der Waals surface area contributed by atoms with E-state index in [4.69, 9.17) is 9.84 Å². The zero-order valence-corrected chi connectivity index (χ0v) is 11.1. The molecule has 1 aliphatic heterocycles. The van der Waals surface area contributed by atoms with Crippen LogP contribution in [0.25, 0.3) is 0 Å². The van der Waals surface area contributed by atoms with Crippen LogP contribution >= 0.6 is 0 Å². The Bertz CT molecular complexity index is 239. The molecule has 17 heavy (non-hydrogen) atoms. The van der Waals surface area contributed by atoms with Crippen LogP contribution in [0.4, 0.5) is 4.79 Å². The van der Waals surface area contributed by atoms with Crippen molar-refractivity contribution in [2.45, 2.75) is 39.2 Å². The summed E-state index contributed by atoms with van der Waals surface area (Å²) in [5.74, 6) is 0.115. The van der Waals surface area contributed by atoms with Crippen LogP contribution in [-0.2, 0) is 9.53 Å². The van der Waals surface area contributed by atoms with E-state index in [0.717, 1.165) is 26.2 Å². The van der Waals surface area contributed by atoms with Crippen LogP contribution in [0, 0.1) is 5.92 Å². The minimum Gasteiger partial charge on any atom is -0.444 e. The second-order valence-electron chi connectivity index (χ2n) is 4.94. The number of hydrogen-bond donors (Lipinski definition) is 1. The summed E-state index contributed by atoms with van der Waals surface area (Å²) in [5.41, 5.74) is -0.446. The summed E-state index contributed by atoms with van der Waals surface area (Å²) in [7, 11) is 1.00. The van der Waals surface area contributed by atoms with Gasteiger partial charge in [0.1, 0.15) is 11.9 Å². The van der Waals surface area contributed by atoms with Gasteiger partial charge in [0.2, 0.25) is 0 Å². The van der Waals surface area contributed by atoms with Crippen molar-refractivity contribution in [2.24, 2.45) is 5.92 Å². The molecule has 5 heteroatoms. The number of carbonyl (C=O) groups is 2. The molecule has 1 heterocycles. The van der Waals surface area contributed by atoms with E-state index in [-0.39, 0.29) is 12.0 Å². The number of ether oxygens (including phenoxy) is 1. The topological polar surface area (TPSA) is 66.8 Å². The Morgan fingerprint density at radius 3 is 2.12 bits per heavy atom. The van der Waals surface area contributed by atoms with Gasteiger partial charge in [-0.2, -0.15) is 0 Å². The summed E-state index contributed by atoms with van der Waals surface area (Å²) in [6.07, 6.45) is 2.21. The number of amides is 1. The molecule has 0 unspecified atom stereocenters. The van der Waals surface area contributed by atoms with Gasteiger partial charge in [0.15, 0.2) is 0 Å². The van der Waals surface area contributed by atoms with Gasteiger partial charge in [-0.05, 0) is 33.6 Å². The van der Waals surface area contributed by atoms with Gasteiger partial charge in [-0.25, -0.2) is 4.79 Å². The van der Waals surface area contributed by atoms with Crippen molar-refractivity contribution in [3.05, 3.63) is 0 Å². The van der Waals surface area contributed by atoms with E-state index < -0.39 is 5.60 Å². The third kappa shape index (κ3) is 6.26. The third-order valence-corrected chi connectivity index (χ3v) is 2.38. The molecule has 1 N–H and O–H groups in total. The van der Waals surface area contributed by atoms with E-state index in [1.807, 2.05) is 20.8 Å². The van der Waals surface area contributed by atoms with Crippen molar-refractivity contribution < 1.29 is 19.4 Å². The Kier molecular flexibility index (Phi) is 6.80. The van der Waals surface area contributed by atoms with E-state index in [1.165, 1.54) is 0 Å². The van der Waals surface area contributed by atoms with Crippen LogP contribution in [0.3, 0.4) is 0 Å². The first-order valence-corrected chi connectivity index (χ1v) is 5.80. The van der Waals surface area contributed by atoms with Crippen LogP contribution in [0.5, 0.6) is 0 Å². The Labute approximate surface area is 103 Å². The fourth-order valence-corrected chi connectivity index (χ4v) is 1.54. The fraction of sp³-hybridized carbons (Fsp3) is 0.833. The SMILES string of the molecule is CC(C)(C)OC(=O)N1CCC(C=O)CC1.CO. The second kappa shape index (κ2) is 7.27. The highest BCUT2D eigenvalue weighted by Crippen LogP contribution is 2.17. The quantitative estimate of drug-likeness (QED) is 0.710. The molecule has 0 aliphatic carbocycles. The van der Waals surface area contributed by atoms with Crippen molar-refractivity contribution in [3.8, 4) is 0 Å². The number of piperidine rings is 1. The Hall–Kier alpha value is -1.10. The smallest absolute Gasteiger partial charge is 0.410 e. The maximum absolute atomic E-state index is 11.6. The van der Waals surface area contributed by atoms with Crippen LogP contribution in [0.2, 0.25) is 0 Å². The van der Waals surface area contributed by atoms with Gasteiger partial charge in [-0.15, -0.1) is 0 Å². The standard InChI is InChI=1S/C11H19NO3.CH4O/c1-11(2,3)15-10(14)12-6-4-9(8-13)5-7-12;1-2/h8-9H,4-7H2,1-3H3;2H,1H3. The molecule has 0 aromatic rings. The third-order valence-electron chi connectivity index (χ3n) is 2.38. The van der Waals surface area contributed by atoms with Crippen LogP contribution in [0.15, 0.2) is 0 Å². The molecule has 0 aromatic heterocycles. The number of rotatable bonds is 1. The van der Waals surface area contributed by atoms with Gasteiger partial charge in [-0.1, -0.05) is 0 Å². The van der Waals surface area contributed by atoms with Crippen LogP contribution < -0.4 is 0 Å². The van der Waals surface area contributed by atoms with E-state index in [9.17, 15) is 9.59 Å². The molecule has 0 radical (unpaired) electrons. The lowest BCUT2D eigenvalue weighted by molar-refractivity contribution is -0.112. The minimum atomic E-state index is -0.446. The van der Waals surface area contributed by atoms with Gasteiger partial charge in [0.25, 0.3) is 0 Å². The van der Waals surface area contributed by atoms with E-state index in [1.54, 1.807) is 4.90 Å². The average molecular weight is 245 g/mol. The number of nitrogens with zero attached hydrogens (tertiary/aromatic N) is 1. The first kappa shape index (κ1) is 15.9. The van der Waals surface area contributed by atoms with Gasteiger partial charge < -0.3 is 19.5 Å². The molecule has 1 saturated heterocycles. The number of aldehydes is 1. The van der Waals surface area contributed by atoms with Crippen LogP contribution in [-0.4, -0.2) is 48.2 Å². The van der Waals surface area contributed by atoms with E-state index in [2.05, 4.69) is 0 Å². The highest BCUT2D eigenvalue weighted by Gasteiger charge is 2.26. The van der Waals surface area contributed by atoms with E-state index >= 15 is 0 Å². The minimum absolute atomic E-state index is 0.115. The highest BCUT2D eigenvalue weighted by molar-refractivity contribution is 5.68. The van der Waals surface area contributed by atoms with Gasteiger partial charge >= 0.3 is 6.09 Å². The number of hydrogen-bond acceptors (Lipinski definition) is 4. The van der Waals surface area contributed by atoms with Crippen molar-refractivity contribution >= 4 is 12.4 Å². The van der Waals surface area contributed by atoms with Crippen molar-refractivity contribution in [2.75, 3.05) is 20.2 Å². The molecule has 100 valence electrons. The molecule has 0 saturated carbocycles. The molecule has 0 bridgehead atoms. The van der Waals surface area contributed by atoms with Crippen molar-refractivity contribution in [3.63, 3.8) is 0 Å². The average Bonchev–Trinajstić information content (AvgIpc) is 2.29. The molecule has 1 rings (SSSR count). The molecule has 1 fully saturated rings. The lowest BCUT2D eigenvalue weighted by Crippen LogP contribution is -2.41. The monoisotopic (exact) mass is 245 g/mol. The molecule has 0 spiro atoms. The normalized spacial score (nSPS) is 16.9. The molecule has 1 aliphatic rings. The second-order valence-corrected chi connectivity index (χ2v) is 4.94. The first-order valence-electron chi connectivity index (χ1n) is 5.80. The molecule has 5 nitrogen and oxygen atoms in total. The summed E-state index contributed by atoms with van der Waals surface area (Å²) >= 11 is 0. The number of likely N-dealkylation sites (tertiary alicyclic amines) is 1.